The molecule has 2 aliphatic rings. The van der Waals surface area contributed by atoms with E-state index in [1.165, 1.54) is 5.56 Å². The van der Waals surface area contributed by atoms with Gasteiger partial charge in [0, 0.05) is 38.3 Å². The van der Waals surface area contributed by atoms with Gasteiger partial charge in [0.1, 0.15) is 0 Å². The molecule has 0 bridgehead atoms. The van der Waals surface area contributed by atoms with E-state index in [2.05, 4.69) is 24.4 Å². The van der Waals surface area contributed by atoms with Crippen LogP contribution < -0.4 is 10.2 Å². The zero-order valence-electron chi connectivity index (χ0n) is 15.1. The number of hydrogen-bond acceptors (Lipinski definition) is 3. The van der Waals surface area contributed by atoms with Crippen LogP contribution in [0.2, 0.25) is 0 Å². The van der Waals surface area contributed by atoms with Crippen LogP contribution in [0.15, 0.2) is 12.1 Å². The molecule has 2 saturated heterocycles. The number of carbonyl (C=O) groups is 2. The number of aryl methyl sites for hydroxylation is 3. The summed E-state index contributed by atoms with van der Waals surface area (Å²) in [6.07, 6.45) is 1.30. The van der Waals surface area contributed by atoms with Gasteiger partial charge in [0.2, 0.25) is 11.8 Å². The number of likely N-dealkylation sites (N-methyl/N-ethyl adjacent to an activating group) is 1. The molecule has 0 unspecified atom stereocenters. The van der Waals surface area contributed by atoms with Crippen molar-refractivity contribution < 1.29 is 9.59 Å². The summed E-state index contributed by atoms with van der Waals surface area (Å²) in [5, 5.41) is 3.29. The van der Waals surface area contributed by atoms with Crippen molar-refractivity contribution in [2.24, 2.45) is 5.92 Å². The SMILES string of the molecule is Cc1cc(C)c(N2C[C@@H](C(=O)N(C)[C@@H]3CCNC3)CC2=O)c(C)c1. The summed E-state index contributed by atoms with van der Waals surface area (Å²) in [7, 11) is 1.87. The first kappa shape index (κ1) is 17.0. The van der Waals surface area contributed by atoms with Crippen LogP contribution in [0.5, 0.6) is 0 Å². The van der Waals surface area contributed by atoms with E-state index in [0.717, 1.165) is 36.3 Å². The highest BCUT2D eigenvalue weighted by atomic mass is 16.2. The van der Waals surface area contributed by atoms with Gasteiger partial charge in [-0.1, -0.05) is 17.7 Å². The number of benzene rings is 1. The molecule has 2 amide bonds. The number of nitrogens with one attached hydrogen (secondary N) is 1. The van der Waals surface area contributed by atoms with Gasteiger partial charge in [0.05, 0.1) is 5.92 Å². The summed E-state index contributed by atoms with van der Waals surface area (Å²) in [4.78, 5) is 29.0. The molecule has 1 N–H and O–H groups in total. The van der Waals surface area contributed by atoms with Crippen molar-refractivity contribution >= 4 is 17.5 Å². The molecule has 0 saturated carbocycles. The molecule has 5 nitrogen and oxygen atoms in total. The van der Waals surface area contributed by atoms with Crippen LogP contribution in [0.25, 0.3) is 0 Å². The first-order valence-electron chi connectivity index (χ1n) is 8.74. The summed E-state index contributed by atoms with van der Waals surface area (Å²) < 4.78 is 0. The molecule has 0 aliphatic carbocycles. The molecule has 130 valence electrons. The van der Waals surface area contributed by atoms with Crippen LogP contribution in [0.3, 0.4) is 0 Å². The minimum absolute atomic E-state index is 0.0568. The molecule has 5 heteroatoms. The standard InChI is InChI=1S/C19H27N3O2/c1-12-7-13(2)18(14(3)8-12)22-11-15(9-17(22)23)19(24)21(4)16-5-6-20-10-16/h7-8,15-16,20H,5-6,9-11H2,1-4H3/t15-,16+/m0/s1. The first-order valence-corrected chi connectivity index (χ1v) is 8.74. The van der Waals surface area contributed by atoms with Gasteiger partial charge in [-0.05, 0) is 44.9 Å². The summed E-state index contributed by atoms with van der Waals surface area (Å²) >= 11 is 0. The number of hydrogen-bond donors (Lipinski definition) is 1. The summed E-state index contributed by atoms with van der Waals surface area (Å²) in [6.45, 7) is 8.43. The van der Waals surface area contributed by atoms with Crippen LogP contribution in [0, 0.1) is 26.7 Å². The molecule has 2 atom stereocenters. The van der Waals surface area contributed by atoms with E-state index >= 15 is 0 Å². The van der Waals surface area contributed by atoms with Gasteiger partial charge in [-0.25, -0.2) is 0 Å². The van der Waals surface area contributed by atoms with Crippen LogP contribution in [-0.2, 0) is 9.59 Å². The highest BCUT2D eigenvalue weighted by Gasteiger charge is 2.39. The van der Waals surface area contributed by atoms with Crippen molar-refractivity contribution in [2.75, 3.05) is 31.6 Å². The van der Waals surface area contributed by atoms with E-state index < -0.39 is 0 Å². The maximum Gasteiger partial charge on any atom is 0.228 e. The zero-order chi connectivity index (χ0) is 17.4. The summed E-state index contributed by atoms with van der Waals surface area (Å²) in [5.41, 5.74) is 4.37. The quantitative estimate of drug-likeness (QED) is 0.920. The van der Waals surface area contributed by atoms with Crippen LogP contribution in [-0.4, -0.2) is 49.4 Å². The molecule has 0 radical (unpaired) electrons. The fourth-order valence-electron chi connectivity index (χ4n) is 4.13. The molecular formula is C19H27N3O2. The lowest BCUT2D eigenvalue weighted by Crippen LogP contribution is -2.42. The normalized spacial score (nSPS) is 23.8. The molecular weight excluding hydrogens is 302 g/mol. The van der Waals surface area contributed by atoms with Crippen LogP contribution >= 0.6 is 0 Å². The third kappa shape index (κ3) is 3.05. The molecule has 0 aromatic heterocycles. The lowest BCUT2D eigenvalue weighted by Gasteiger charge is -2.27. The van der Waals surface area contributed by atoms with E-state index in [1.807, 2.05) is 30.7 Å². The van der Waals surface area contributed by atoms with Gasteiger partial charge in [-0.3, -0.25) is 9.59 Å². The minimum atomic E-state index is -0.233. The number of anilines is 1. The van der Waals surface area contributed by atoms with Crippen LogP contribution in [0.4, 0.5) is 5.69 Å². The number of rotatable bonds is 3. The van der Waals surface area contributed by atoms with Crippen LogP contribution in [0.1, 0.15) is 29.5 Å². The van der Waals surface area contributed by atoms with Crippen molar-refractivity contribution in [3.05, 3.63) is 28.8 Å². The highest BCUT2D eigenvalue weighted by Crippen LogP contribution is 2.32. The molecule has 1 aromatic carbocycles. The Balaban J connectivity index is 1.77. The molecule has 1 aromatic rings. The third-order valence-electron chi connectivity index (χ3n) is 5.31. The van der Waals surface area contributed by atoms with Crippen molar-refractivity contribution in [3.63, 3.8) is 0 Å². The van der Waals surface area contributed by atoms with E-state index in [4.69, 9.17) is 0 Å². The van der Waals surface area contributed by atoms with E-state index in [-0.39, 0.29) is 23.8 Å². The Morgan fingerprint density at radius 1 is 1.25 bits per heavy atom. The molecule has 24 heavy (non-hydrogen) atoms. The lowest BCUT2D eigenvalue weighted by atomic mass is 10.0. The topological polar surface area (TPSA) is 52.7 Å². The fraction of sp³-hybridized carbons (Fsp3) is 0.579. The van der Waals surface area contributed by atoms with Crippen molar-refractivity contribution in [2.45, 2.75) is 39.7 Å². The van der Waals surface area contributed by atoms with Crippen molar-refractivity contribution in [3.8, 4) is 0 Å². The predicted molar refractivity (Wildman–Crippen MR) is 95.2 cm³/mol. The van der Waals surface area contributed by atoms with Gasteiger partial charge in [-0.2, -0.15) is 0 Å². The van der Waals surface area contributed by atoms with Gasteiger partial charge < -0.3 is 15.1 Å². The molecule has 2 heterocycles. The summed E-state index contributed by atoms with van der Waals surface area (Å²) in [6, 6.07) is 4.45. The maximum absolute atomic E-state index is 12.8. The van der Waals surface area contributed by atoms with Gasteiger partial charge in [0.15, 0.2) is 0 Å². The molecule has 2 aliphatic heterocycles. The van der Waals surface area contributed by atoms with Crippen molar-refractivity contribution in [1.29, 1.82) is 0 Å². The molecule has 3 rings (SSSR count). The van der Waals surface area contributed by atoms with Crippen molar-refractivity contribution in [1.82, 2.24) is 10.2 Å². The Hall–Kier alpha value is -1.88. The van der Waals surface area contributed by atoms with E-state index in [1.54, 1.807) is 0 Å². The van der Waals surface area contributed by atoms with Gasteiger partial charge in [-0.15, -0.1) is 0 Å². The maximum atomic E-state index is 12.8. The number of carbonyl (C=O) groups excluding carboxylic acids is 2. The second kappa shape index (κ2) is 6.55. The first-order chi connectivity index (χ1) is 11.4. The minimum Gasteiger partial charge on any atom is -0.341 e. The lowest BCUT2D eigenvalue weighted by molar-refractivity contribution is -0.136. The average Bonchev–Trinajstić information content (AvgIpc) is 3.15. The largest absolute Gasteiger partial charge is 0.341 e. The van der Waals surface area contributed by atoms with Gasteiger partial charge >= 0.3 is 0 Å². The third-order valence-corrected chi connectivity index (χ3v) is 5.31. The number of amides is 2. The van der Waals surface area contributed by atoms with E-state index in [0.29, 0.717) is 13.0 Å². The highest BCUT2D eigenvalue weighted by molar-refractivity contribution is 6.01. The Morgan fingerprint density at radius 2 is 1.92 bits per heavy atom. The monoisotopic (exact) mass is 329 g/mol. The number of nitrogens with zero attached hydrogens (tertiary/aromatic N) is 2. The van der Waals surface area contributed by atoms with E-state index in [9.17, 15) is 9.59 Å². The summed E-state index contributed by atoms with van der Waals surface area (Å²) in [5.74, 6) is -0.0773. The average molecular weight is 329 g/mol. The second-order valence-electron chi connectivity index (χ2n) is 7.25. The Kier molecular flexibility index (Phi) is 4.63. The van der Waals surface area contributed by atoms with Gasteiger partial charge in [0.25, 0.3) is 0 Å². The smallest absolute Gasteiger partial charge is 0.228 e. The Bertz CT molecular complexity index is 642. The second-order valence-corrected chi connectivity index (χ2v) is 7.25. The molecule has 2 fully saturated rings. The zero-order valence-corrected chi connectivity index (χ0v) is 15.1. The molecule has 0 spiro atoms. The predicted octanol–water partition coefficient (Wildman–Crippen LogP) is 1.79. The Labute approximate surface area is 144 Å². The fourth-order valence-corrected chi connectivity index (χ4v) is 4.13. The Morgan fingerprint density at radius 3 is 2.50 bits per heavy atom.